The summed E-state index contributed by atoms with van der Waals surface area (Å²) in [6.07, 6.45) is 1.11. The summed E-state index contributed by atoms with van der Waals surface area (Å²) in [4.78, 5) is 23.1. The number of aromatic nitrogens is 2. The molecule has 0 aliphatic heterocycles. The van der Waals surface area contributed by atoms with Gasteiger partial charge >= 0.3 is 0 Å². The molecule has 0 bridgehead atoms. The van der Waals surface area contributed by atoms with Crippen molar-refractivity contribution >= 4 is 33.3 Å². The number of carbonyl (C=O) groups excluding carboxylic acids is 1. The van der Waals surface area contributed by atoms with E-state index in [0.29, 0.717) is 16.6 Å². The number of rotatable bonds is 6. The van der Waals surface area contributed by atoms with Crippen LogP contribution in [0.3, 0.4) is 0 Å². The van der Waals surface area contributed by atoms with Gasteiger partial charge in [0.05, 0.1) is 22.5 Å². The molecule has 35 heavy (non-hydrogen) atoms. The molecule has 1 amide bonds. The van der Waals surface area contributed by atoms with Crippen LogP contribution in [-0.2, 0) is 0 Å². The number of nitrogens with zero attached hydrogens (tertiary/aromatic N) is 2. The Morgan fingerprint density at radius 3 is 2.37 bits per heavy atom. The molecular weight excluding hydrogens is 450 g/mol. The fourth-order valence-corrected chi connectivity index (χ4v) is 5.03. The third kappa shape index (κ3) is 4.60. The van der Waals surface area contributed by atoms with E-state index in [-0.39, 0.29) is 5.91 Å². The largest absolute Gasteiger partial charge is 0.298 e. The molecule has 1 unspecified atom stereocenters. The highest BCUT2D eigenvalue weighted by Crippen LogP contribution is 2.32. The van der Waals surface area contributed by atoms with Gasteiger partial charge in [0.1, 0.15) is 0 Å². The summed E-state index contributed by atoms with van der Waals surface area (Å²) in [6.45, 7) is 6.40. The van der Waals surface area contributed by atoms with Gasteiger partial charge in [0, 0.05) is 21.9 Å². The zero-order chi connectivity index (χ0) is 24.4. The van der Waals surface area contributed by atoms with Gasteiger partial charge in [-0.3, -0.25) is 10.1 Å². The van der Waals surface area contributed by atoms with Gasteiger partial charge in [0.25, 0.3) is 5.91 Å². The molecule has 2 heterocycles. The molecule has 3 aromatic carbocycles. The Balaban J connectivity index is 1.47. The lowest BCUT2D eigenvalue weighted by molar-refractivity contribution is 0.102. The Morgan fingerprint density at radius 2 is 1.63 bits per heavy atom. The van der Waals surface area contributed by atoms with Crippen LogP contribution in [0.25, 0.3) is 33.4 Å². The van der Waals surface area contributed by atoms with E-state index in [4.69, 9.17) is 9.97 Å². The molecule has 5 rings (SSSR count). The lowest BCUT2D eigenvalue weighted by Crippen LogP contribution is -2.15. The van der Waals surface area contributed by atoms with Crippen LogP contribution in [0.2, 0.25) is 0 Å². The van der Waals surface area contributed by atoms with Gasteiger partial charge in [-0.05, 0) is 36.5 Å². The molecule has 0 spiro atoms. The maximum Gasteiger partial charge on any atom is 0.258 e. The first-order valence-electron chi connectivity index (χ1n) is 11.9. The predicted molar refractivity (Wildman–Crippen MR) is 146 cm³/mol. The molecule has 0 aliphatic rings. The number of benzene rings is 3. The van der Waals surface area contributed by atoms with Gasteiger partial charge < -0.3 is 0 Å². The van der Waals surface area contributed by atoms with E-state index in [1.54, 1.807) is 0 Å². The maximum absolute atomic E-state index is 13.6. The number of nitrogens with one attached hydrogen (secondary N) is 1. The highest BCUT2D eigenvalue weighted by molar-refractivity contribution is 7.14. The van der Waals surface area contributed by atoms with E-state index in [2.05, 4.69) is 43.4 Å². The lowest BCUT2D eigenvalue weighted by atomic mass is 9.97. The highest BCUT2D eigenvalue weighted by Gasteiger charge is 2.20. The number of para-hydroxylation sites is 1. The third-order valence-electron chi connectivity index (χ3n) is 6.52. The van der Waals surface area contributed by atoms with Crippen LogP contribution < -0.4 is 5.32 Å². The van der Waals surface area contributed by atoms with Crippen LogP contribution in [0.1, 0.15) is 47.7 Å². The van der Waals surface area contributed by atoms with Crippen LogP contribution in [0, 0.1) is 6.92 Å². The quantitative estimate of drug-likeness (QED) is 0.269. The second-order valence-corrected chi connectivity index (χ2v) is 9.63. The van der Waals surface area contributed by atoms with E-state index < -0.39 is 0 Å². The average Bonchev–Trinajstić information content (AvgIpc) is 3.36. The smallest absolute Gasteiger partial charge is 0.258 e. The zero-order valence-corrected chi connectivity index (χ0v) is 20.9. The first kappa shape index (κ1) is 22.9. The average molecular weight is 478 g/mol. The summed E-state index contributed by atoms with van der Waals surface area (Å²) >= 11 is 1.44. The van der Waals surface area contributed by atoms with E-state index in [0.717, 1.165) is 45.4 Å². The molecule has 1 atom stereocenters. The second-order valence-electron chi connectivity index (χ2n) is 8.77. The van der Waals surface area contributed by atoms with E-state index in [9.17, 15) is 4.79 Å². The third-order valence-corrected chi connectivity index (χ3v) is 7.28. The van der Waals surface area contributed by atoms with Crippen molar-refractivity contribution in [2.75, 3.05) is 5.32 Å². The number of anilines is 1. The number of amides is 1. The van der Waals surface area contributed by atoms with Gasteiger partial charge in [-0.25, -0.2) is 9.97 Å². The molecule has 0 saturated carbocycles. The van der Waals surface area contributed by atoms with E-state index >= 15 is 0 Å². The molecule has 0 radical (unpaired) electrons. The summed E-state index contributed by atoms with van der Waals surface area (Å²) < 4.78 is 0. The molecule has 174 valence electrons. The van der Waals surface area contributed by atoms with Crippen LogP contribution in [-0.4, -0.2) is 15.9 Å². The fraction of sp³-hybridized carbons (Fsp3) is 0.167. The topological polar surface area (TPSA) is 54.9 Å². The molecule has 0 saturated heterocycles. The zero-order valence-electron chi connectivity index (χ0n) is 20.1. The number of pyridine rings is 1. The van der Waals surface area contributed by atoms with Gasteiger partial charge in [-0.1, -0.05) is 86.6 Å². The number of carbonyl (C=O) groups is 1. The second kappa shape index (κ2) is 9.80. The van der Waals surface area contributed by atoms with Crippen LogP contribution in [0.4, 0.5) is 5.13 Å². The van der Waals surface area contributed by atoms with Gasteiger partial charge in [0.15, 0.2) is 5.13 Å². The highest BCUT2D eigenvalue weighted by atomic mass is 32.1. The van der Waals surface area contributed by atoms with Crippen molar-refractivity contribution < 1.29 is 4.79 Å². The summed E-state index contributed by atoms with van der Waals surface area (Å²) in [7, 11) is 0. The van der Waals surface area contributed by atoms with Crippen molar-refractivity contribution in [1.29, 1.82) is 0 Å². The minimum absolute atomic E-state index is 0.175. The van der Waals surface area contributed by atoms with Crippen LogP contribution in [0.15, 0.2) is 84.2 Å². The van der Waals surface area contributed by atoms with Crippen molar-refractivity contribution in [1.82, 2.24) is 9.97 Å². The molecule has 0 fully saturated rings. The molecular formula is C30H27N3OS. The normalized spacial score (nSPS) is 12.0. The number of hydrogen-bond donors (Lipinski definition) is 1. The van der Waals surface area contributed by atoms with Gasteiger partial charge in [-0.15, -0.1) is 11.3 Å². The Bertz CT molecular complexity index is 1490. The Kier molecular flexibility index (Phi) is 6.43. The Morgan fingerprint density at radius 1 is 0.914 bits per heavy atom. The minimum atomic E-state index is -0.175. The lowest BCUT2D eigenvalue weighted by Gasteiger charge is -2.14. The Labute approximate surface area is 209 Å². The molecule has 0 aliphatic carbocycles. The predicted octanol–water partition coefficient (Wildman–Crippen LogP) is 8.10. The van der Waals surface area contributed by atoms with Crippen LogP contribution in [0.5, 0.6) is 0 Å². The van der Waals surface area contributed by atoms with Gasteiger partial charge in [0.2, 0.25) is 0 Å². The van der Waals surface area contributed by atoms with Crippen LogP contribution >= 0.6 is 11.3 Å². The van der Waals surface area contributed by atoms with Crippen molar-refractivity contribution in [3.8, 4) is 22.5 Å². The monoisotopic (exact) mass is 477 g/mol. The maximum atomic E-state index is 13.6. The summed E-state index contributed by atoms with van der Waals surface area (Å²) in [5.41, 5.74) is 7.32. The standard InChI is InChI=1S/C30H27N3OS/c1-4-19(2)21-14-16-22(17-15-21)26-18-35-30(32-26)33-29(34)27-20(3)28(23-10-6-5-7-11-23)31-25-13-9-8-12-24(25)27/h5-19H,4H2,1-3H3,(H,32,33,34). The first-order valence-corrected chi connectivity index (χ1v) is 12.7. The van der Waals surface area contributed by atoms with Gasteiger partial charge in [-0.2, -0.15) is 0 Å². The molecule has 1 N–H and O–H groups in total. The Hall–Kier alpha value is -3.83. The van der Waals surface area contributed by atoms with Crippen molar-refractivity contribution in [3.63, 3.8) is 0 Å². The molecule has 5 aromatic rings. The molecule has 5 heteroatoms. The van der Waals surface area contributed by atoms with Crippen molar-refractivity contribution in [3.05, 3.63) is 101 Å². The molecule has 2 aromatic heterocycles. The number of hydrogen-bond acceptors (Lipinski definition) is 4. The van der Waals surface area contributed by atoms with E-state index in [1.807, 2.05) is 66.9 Å². The first-order chi connectivity index (χ1) is 17.0. The van der Waals surface area contributed by atoms with Crippen molar-refractivity contribution in [2.45, 2.75) is 33.1 Å². The van der Waals surface area contributed by atoms with Crippen molar-refractivity contribution in [2.24, 2.45) is 0 Å². The fourth-order valence-electron chi connectivity index (χ4n) is 4.32. The number of thiazole rings is 1. The summed E-state index contributed by atoms with van der Waals surface area (Å²) in [6, 6.07) is 26.3. The number of fused-ring (bicyclic) bond motifs is 1. The van der Waals surface area contributed by atoms with E-state index in [1.165, 1.54) is 16.9 Å². The summed E-state index contributed by atoms with van der Waals surface area (Å²) in [5, 5.41) is 6.44. The summed E-state index contributed by atoms with van der Waals surface area (Å²) in [5.74, 6) is 0.361. The SMILES string of the molecule is CCC(C)c1ccc(-c2csc(NC(=O)c3c(C)c(-c4ccccc4)nc4ccccc34)n2)cc1. The minimum Gasteiger partial charge on any atom is -0.298 e. The molecule has 4 nitrogen and oxygen atoms in total.